The molecule has 3 heterocycles. The van der Waals surface area contributed by atoms with Gasteiger partial charge in [-0.3, -0.25) is 4.79 Å². The zero-order valence-corrected chi connectivity index (χ0v) is 8.56. The number of hydrogen-bond donors (Lipinski definition) is 1. The van der Waals surface area contributed by atoms with Gasteiger partial charge in [-0.1, -0.05) is 0 Å². The molecule has 1 amide bonds. The van der Waals surface area contributed by atoms with Crippen LogP contribution in [0.15, 0.2) is 10.5 Å². The van der Waals surface area contributed by atoms with Crippen molar-refractivity contribution >= 4 is 5.91 Å². The van der Waals surface area contributed by atoms with Crippen LogP contribution < -0.4 is 0 Å². The lowest BCUT2D eigenvalue weighted by atomic mass is 9.97. The van der Waals surface area contributed by atoms with Crippen LogP contribution in [-0.2, 0) is 11.3 Å². The van der Waals surface area contributed by atoms with Crippen molar-refractivity contribution in [2.75, 3.05) is 0 Å². The van der Waals surface area contributed by atoms with Crippen LogP contribution in [0.3, 0.4) is 0 Å². The van der Waals surface area contributed by atoms with Crippen molar-refractivity contribution in [1.82, 2.24) is 4.90 Å². The van der Waals surface area contributed by atoms with Gasteiger partial charge in [-0.05, 0) is 19.4 Å². The van der Waals surface area contributed by atoms with E-state index in [0.29, 0.717) is 13.0 Å². The normalized spacial score (nSPS) is 29.2. The SMILES string of the molecule is Cc1cc2c(o1)CN1C(=O)CC[C@@H]1[C@@H]2O. The lowest BCUT2D eigenvalue weighted by molar-refractivity contribution is -0.132. The van der Waals surface area contributed by atoms with Gasteiger partial charge in [0.2, 0.25) is 5.91 Å². The fourth-order valence-electron chi connectivity index (χ4n) is 2.61. The predicted octanol–water partition coefficient (Wildman–Crippen LogP) is 1.13. The maximum absolute atomic E-state index is 11.5. The second kappa shape index (κ2) is 2.85. The molecule has 0 radical (unpaired) electrons. The van der Waals surface area contributed by atoms with E-state index in [1.54, 1.807) is 4.90 Å². The summed E-state index contributed by atoms with van der Waals surface area (Å²) in [6.07, 6.45) is 0.729. The Bertz CT molecular complexity index is 423. The predicted molar refractivity (Wildman–Crippen MR) is 52.0 cm³/mol. The number of aliphatic hydroxyl groups is 1. The number of amides is 1. The molecule has 1 aromatic rings. The lowest BCUT2D eigenvalue weighted by Gasteiger charge is -2.32. The van der Waals surface area contributed by atoms with Crippen LogP contribution in [0.25, 0.3) is 0 Å². The maximum atomic E-state index is 11.5. The first-order valence-electron chi connectivity index (χ1n) is 5.23. The average Bonchev–Trinajstić information content (AvgIpc) is 2.72. The lowest BCUT2D eigenvalue weighted by Crippen LogP contribution is -2.40. The highest BCUT2D eigenvalue weighted by molar-refractivity contribution is 5.79. The minimum atomic E-state index is -0.572. The van der Waals surface area contributed by atoms with E-state index in [2.05, 4.69) is 0 Å². The topological polar surface area (TPSA) is 53.7 Å². The Morgan fingerprint density at radius 1 is 1.60 bits per heavy atom. The highest BCUT2D eigenvalue weighted by Crippen LogP contribution is 2.38. The molecule has 2 aliphatic rings. The molecule has 0 unspecified atom stereocenters. The summed E-state index contributed by atoms with van der Waals surface area (Å²) in [5.41, 5.74) is 0.864. The van der Waals surface area contributed by atoms with Gasteiger partial charge in [0, 0.05) is 12.0 Å². The van der Waals surface area contributed by atoms with Crippen LogP contribution in [-0.4, -0.2) is 22.0 Å². The molecule has 0 bridgehead atoms. The van der Waals surface area contributed by atoms with E-state index in [1.165, 1.54) is 0 Å². The number of nitrogens with zero attached hydrogens (tertiary/aromatic N) is 1. The van der Waals surface area contributed by atoms with Crippen molar-refractivity contribution in [3.63, 3.8) is 0 Å². The molecule has 0 aromatic carbocycles. The summed E-state index contributed by atoms with van der Waals surface area (Å²) < 4.78 is 5.48. The summed E-state index contributed by atoms with van der Waals surface area (Å²) in [5.74, 6) is 1.66. The van der Waals surface area contributed by atoms with Crippen LogP contribution in [0, 0.1) is 6.92 Å². The zero-order valence-electron chi connectivity index (χ0n) is 8.56. The Hall–Kier alpha value is -1.29. The van der Waals surface area contributed by atoms with E-state index in [1.807, 2.05) is 13.0 Å². The molecule has 1 aromatic heterocycles. The second-order valence-corrected chi connectivity index (χ2v) is 4.31. The van der Waals surface area contributed by atoms with Crippen LogP contribution in [0.2, 0.25) is 0 Å². The third-order valence-corrected chi connectivity index (χ3v) is 3.34. The van der Waals surface area contributed by atoms with Gasteiger partial charge < -0.3 is 14.4 Å². The van der Waals surface area contributed by atoms with Crippen molar-refractivity contribution in [3.8, 4) is 0 Å². The van der Waals surface area contributed by atoms with Crippen molar-refractivity contribution < 1.29 is 14.3 Å². The Morgan fingerprint density at radius 3 is 3.20 bits per heavy atom. The van der Waals surface area contributed by atoms with Crippen LogP contribution in [0.5, 0.6) is 0 Å². The smallest absolute Gasteiger partial charge is 0.223 e. The van der Waals surface area contributed by atoms with Crippen molar-refractivity contribution in [2.24, 2.45) is 0 Å². The van der Waals surface area contributed by atoms with E-state index in [4.69, 9.17) is 4.42 Å². The largest absolute Gasteiger partial charge is 0.464 e. The number of hydrogen-bond acceptors (Lipinski definition) is 3. The molecule has 15 heavy (non-hydrogen) atoms. The molecular weight excluding hydrogens is 194 g/mol. The van der Waals surface area contributed by atoms with Crippen molar-refractivity contribution in [2.45, 2.75) is 38.5 Å². The molecule has 3 rings (SSSR count). The van der Waals surface area contributed by atoms with E-state index in [-0.39, 0.29) is 11.9 Å². The second-order valence-electron chi connectivity index (χ2n) is 4.31. The average molecular weight is 207 g/mol. The molecule has 4 nitrogen and oxygen atoms in total. The summed E-state index contributed by atoms with van der Waals surface area (Å²) >= 11 is 0. The summed E-state index contributed by atoms with van der Waals surface area (Å²) in [5, 5.41) is 10.1. The highest BCUT2D eigenvalue weighted by atomic mass is 16.3. The standard InChI is InChI=1S/C11H13NO3/c1-6-4-7-9(15-6)5-12-8(11(7)14)2-3-10(12)13/h4,8,11,14H,2-3,5H2,1H3/t8-,11-/m1/s1. The highest BCUT2D eigenvalue weighted by Gasteiger charge is 2.42. The number of aryl methyl sites for hydroxylation is 1. The number of aliphatic hydroxyl groups excluding tert-OH is 1. The number of carbonyl (C=O) groups excluding carboxylic acids is 1. The summed E-state index contributed by atoms with van der Waals surface area (Å²) in [6, 6.07) is 1.84. The quantitative estimate of drug-likeness (QED) is 0.693. The third-order valence-electron chi connectivity index (χ3n) is 3.34. The number of furan rings is 1. The van der Waals surface area contributed by atoms with Crippen LogP contribution in [0.4, 0.5) is 0 Å². The van der Waals surface area contributed by atoms with Crippen LogP contribution in [0.1, 0.15) is 36.0 Å². The molecule has 80 valence electrons. The summed E-state index contributed by atoms with van der Waals surface area (Å²) in [4.78, 5) is 13.3. The van der Waals surface area contributed by atoms with Gasteiger partial charge in [-0.25, -0.2) is 0 Å². The van der Waals surface area contributed by atoms with E-state index < -0.39 is 6.10 Å². The zero-order chi connectivity index (χ0) is 10.6. The maximum Gasteiger partial charge on any atom is 0.223 e. The minimum absolute atomic E-state index is 0.0398. The van der Waals surface area contributed by atoms with Crippen molar-refractivity contribution in [3.05, 3.63) is 23.2 Å². The Kier molecular flexibility index (Phi) is 1.71. The molecular formula is C11H13NO3. The molecule has 0 spiro atoms. The molecule has 1 saturated heterocycles. The fraction of sp³-hybridized carbons (Fsp3) is 0.545. The summed E-state index contributed by atoms with van der Waals surface area (Å²) in [6.45, 7) is 2.38. The first-order chi connectivity index (χ1) is 7.16. The Labute approximate surface area is 87.5 Å². The molecule has 2 atom stereocenters. The molecule has 0 saturated carbocycles. The van der Waals surface area contributed by atoms with Crippen LogP contribution >= 0.6 is 0 Å². The molecule has 0 aliphatic carbocycles. The first-order valence-corrected chi connectivity index (χ1v) is 5.23. The van der Waals surface area contributed by atoms with Crippen molar-refractivity contribution in [1.29, 1.82) is 0 Å². The van der Waals surface area contributed by atoms with Gasteiger partial charge >= 0.3 is 0 Å². The number of carbonyl (C=O) groups is 1. The van der Waals surface area contributed by atoms with E-state index in [0.717, 1.165) is 23.5 Å². The van der Waals surface area contributed by atoms with E-state index in [9.17, 15) is 9.90 Å². The van der Waals surface area contributed by atoms with Gasteiger partial charge in [0.25, 0.3) is 0 Å². The Balaban J connectivity index is 2.05. The van der Waals surface area contributed by atoms with Gasteiger partial charge in [-0.15, -0.1) is 0 Å². The summed E-state index contributed by atoms with van der Waals surface area (Å²) in [7, 11) is 0. The minimum Gasteiger partial charge on any atom is -0.464 e. The third kappa shape index (κ3) is 1.14. The molecule has 4 heteroatoms. The molecule has 1 N–H and O–H groups in total. The van der Waals surface area contributed by atoms with Gasteiger partial charge in [0.05, 0.1) is 12.6 Å². The molecule has 2 aliphatic heterocycles. The van der Waals surface area contributed by atoms with Gasteiger partial charge in [-0.2, -0.15) is 0 Å². The first kappa shape index (κ1) is 8.97. The Morgan fingerprint density at radius 2 is 2.40 bits per heavy atom. The fourth-order valence-corrected chi connectivity index (χ4v) is 2.61. The van der Waals surface area contributed by atoms with Gasteiger partial charge in [0.15, 0.2) is 0 Å². The number of rotatable bonds is 0. The monoisotopic (exact) mass is 207 g/mol. The van der Waals surface area contributed by atoms with Gasteiger partial charge in [0.1, 0.15) is 17.6 Å². The van der Waals surface area contributed by atoms with E-state index >= 15 is 0 Å². The molecule has 1 fully saturated rings. The number of fused-ring (bicyclic) bond motifs is 2.